The standard InChI is InChI=1S/C12H12F3N3/c1-8-17-6-10(7-18-8)9(5-16)4-11(2-3-11)12(13,14)15/h6-7,9H,2-4H2,1H3. The molecule has 96 valence electrons. The lowest BCUT2D eigenvalue weighted by molar-refractivity contribution is -0.189. The van der Waals surface area contributed by atoms with E-state index in [9.17, 15) is 13.2 Å². The third kappa shape index (κ3) is 2.30. The monoisotopic (exact) mass is 255 g/mol. The minimum atomic E-state index is -4.23. The van der Waals surface area contributed by atoms with Crippen molar-refractivity contribution in [2.45, 2.75) is 38.3 Å². The van der Waals surface area contributed by atoms with Crippen molar-refractivity contribution >= 4 is 0 Å². The zero-order valence-corrected chi connectivity index (χ0v) is 9.83. The molecular weight excluding hydrogens is 243 g/mol. The molecule has 0 aromatic carbocycles. The van der Waals surface area contributed by atoms with Crippen molar-refractivity contribution < 1.29 is 13.2 Å². The molecule has 0 radical (unpaired) electrons. The summed E-state index contributed by atoms with van der Waals surface area (Å²) in [6, 6.07) is 1.93. The smallest absolute Gasteiger partial charge is 0.241 e. The maximum absolute atomic E-state index is 12.8. The number of nitrogens with zero attached hydrogens (tertiary/aromatic N) is 3. The average molecular weight is 255 g/mol. The van der Waals surface area contributed by atoms with Crippen molar-refractivity contribution in [3.8, 4) is 6.07 Å². The fourth-order valence-corrected chi connectivity index (χ4v) is 1.97. The quantitative estimate of drug-likeness (QED) is 0.833. The molecular formula is C12H12F3N3. The first-order chi connectivity index (χ1) is 8.38. The largest absolute Gasteiger partial charge is 0.394 e. The van der Waals surface area contributed by atoms with Crippen LogP contribution in [0.2, 0.25) is 0 Å². The molecule has 0 N–H and O–H groups in total. The van der Waals surface area contributed by atoms with Crippen molar-refractivity contribution in [1.82, 2.24) is 9.97 Å². The molecule has 1 aliphatic rings. The molecule has 0 aliphatic heterocycles. The van der Waals surface area contributed by atoms with E-state index in [0.29, 0.717) is 11.4 Å². The highest BCUT2D eigenvalue weighted by molar-refractivity contribution is 5.21. The molecule has 1 unspecified atom stereocenters. The molecule has 1 aliphatic carbocycles. The lowest BCUT2D eigenvalue weighted by Crippen LogP contribution is -2.26. The van der Waals surface area contributed by atoms with Gasteiger partial charge in [0.25, 0.3) is 0 Å². The summed E-state index contributed by atoms with van der Waals surface area (Å²) in [7, 11) is 0. The lowest BCUT2D eigenvalue weighted by atomic mass is 9.88. The van der Waals surface area contributed by atoms with Crippen LogP contribution in [0, 0.1) is 23.7 Å². The topological polar surface area (TPSA) is 49.6 Å². The van der Waals surface area contributed by atoms with E-state index >= 15 is 0 Å². The summed E-state index contributed by atoms with van der Waals surface area (Å²) in [6.07, 6.45) is -1.33. The second-order valence-corrected chi connectivity index (χ2v) is 4.73. The first kappa shape index (κ1) is 12.8. The number of rotatable bonds is 3. The van der Waals surface area contributed by atoms with Crippen LogP contribution in [-0.4, -0.2) is 16.1 Å². The highest BCUT2D eigenvalue weighted by Crippen LogP contribution is 2.61. The fourth-order valence-electron chi connectivity index (χ4n) is 1.97. The number of alkyl halides is 3. The molecule has 0 saturated heterocycles. The number of halogens is 3. The average Bonchev–Trinajstić information content (AvgIpc) is 3.07. The molecule has 1 heterocycles. The number of hydrogen-bond donors (Lipinski definition) is 0. The normalized spacial score (nSPS) is 19.1. The minimum absolute atomic E-state index is 0.112. The molecule has 0 spiro atoms. The minimum Gasteiger partial charge on any atom is -0.241 e. The van der Waals surface area contributed by atoms with Crippen LogP contribution >= 0.6 is 0 Å². The van der Waals surface area contributed by atoms with Crippen molar-refractivity contribution in [2.75, 3.05) is 0 Å². The summed E-state index contributed by atoms with van der Waals surface area (Å²) in [6.45, 7) is 1.68. The number of hydrogen-bond acceptors (Lipinski definition) is 3. The number of nitriles is 1. The summed E-state index contributed by atoms with van der Waals surface area (Å²) in [5.74, 6) is -0.262. The van der Waals surface area contributed by atoms with Crippen LogP contribution in [-0.2, 0) is 0 Å². The third-order valence-corrected chi connectivity index (χ3v) is 3.41. The second kappa shape index (κ2) is 4.23. The van der Waals surface area contributed by atoms with Crippen LogP contribution in [0.3, 0.4) is 0 Å². The maximum atomic E-state index is 12.8. The summed E-state index contributed by atoms with van der Waals surface area (Å²) in [4.78, 5) is 7.83. The van der Waals surface area contributed by atoms with Crippen LogP contribution in [0.1, 0.15) is 36.6 Å². The molecule has 0 bridgehead atoms. The molecule has 6 heteroatoms. The first-order valence-electron chi connectivity index (χ1n) is 5.63. The van der Waals surface area contributed by atoms with Gasteiger partial charge in [-0.25, -0.2) is 9.97 Å². The van der Waals surface area contributed by atoms with Crippen molar-refractivity contribution in [2.24, 2.45) is 5.41 Å². The molecule has 1 aromatic heterocycles. The van der Waals surface area contributed by atoms with E-state index in [0.717, 1.165) is 0 Å². The Labute approximate surface area is 103 Å². The maximum Gasteiger partial charge on any atom is 0.394 e. The summed E-state index contributed by atoms with van der Waals surface area (Å²) in [5, 5.41) is 9.03. The van der Waals surface area contributed by atoms with Crippen LogP contribution in [0.25, 0.3) is 0 Å². The van der Waals surface area contributed by atoms with Gasteiger partial charge in [0, 0.05) is 18.0 Å². The molecule has 1 saturated carbocycles. The zero-order valence-electron chi connectivity index (χ0n) is 9.83. The van der Waals surface area contributed by atoms with Crippen LogP contribution < -0.4 is 0 Å². The van der Waals surface area contributed by atoms with Gasteiger partial charge in [0.2, 0.25) is 0 Å². The highest BCUT2D eigenvalue weighted by Gasteiger charge is 2.63. The molecule has 0 amide bonds. The van der Waals surface area contributed by atoms with Gasteiger partial charge in [-0.3, -0.25) is 0 Å². The molecule has 3 nitrogen and oxygen atoms in total. The number of aromatic nitrogens is 2. The highest BCUT2D eigenvalue weighted by atomic mass is 19.4. The van der Waals surface area contributed by atoms with Crippen LogP contribution in [0.4, 0.5) is 13.2 Å². The number of aryl methyl sites for hydroxylation is 1. The Balaban J connectivity index is 2.17. The van der Waals surface area contributed by atoms with Crippen molar-refractivity contribution in [3.05, 3.63) is 23.8 Å². The summed E-state index contributed by atoms with van der Waals surface area (Å²) >= 11 is 0. The van der Waals surface area contributed by atoms with Crippen LogP contribution in [0.5, 0.6) is 0 Å². The van der Waals surface area contributed by atoms with Gasteiger partial charge in [-0.15, -0.1) is 0 Å². The predicted octanol–water partition coefficient (Wildman–Crippen LogP) is 3.12. The molecule has 1 fully saturated rings. The van der Waals surface area contributed by atoms with Gasteiger partial charge in [-0.1, -0.05) is 0 Å². The van der Waals surface area contributed by atoms with Gasteiger partial charge < -0.3 is 0 Å². The predicted molar refractivity (Wildman–Crippen MR) is 57.5 cm³/mol. The van der Waals surface area contributed by atoms with E-state index < -0.39 is 17.5 Å². The summed E-state index contributed by atoms with van der Waals surface area (Å²) < 4.78 is 38.5. The zero-order chi connectivity index (χ0) is 13.4. The summed E-state index contributed by atoms with van der Waals surface area (Å²) in [5.41, 5.74) is -1.21. The van der Waals surface area contributed by atoms with Gasteiger partial charge >= 0.3 is 6.18 Å². The molecule has 1 aromatic rings. The van der Waals surface area contributed by atoms with E-state index in [1.54, 1.807) is 6.92 Å². The first-order valence-corrected chi connectivity index (χ1v) is 5.63. The van der Waals surface area contributed by atoms with Gasteiger partial charge in [0.15, 0.2) is 0 Å². The van der Waals surface area contributed by atoms with E-state index in [1.165, 1.54) is 12.4 Å². The van der Waals surface area contributed by atoms with Gasteiger partial charge in [0.1, 0.15) is 5.82 Å². The molecule has 2 rings (SSSR count). The van der Waals surface area contributed by atoms with E-state index in [-0.39, 0.29) is 19.3 Å². The van der Waals surface area contributed by atoms with Gasteiger partial charge in [-0.05, 0) is 26.2 Å². The van der Waals surface area contributed by atoms with Crippen LogP contribution in [0.15, 0.2) is 12.4 Å². The Morgan fingerprint density at radius 3 is 2.33 bits per heavy atom. The van der Waals surface area contributed by atoms with Gasteiger partial charge in [0.05, 0.1) is 17.4 Å². The molecule has 18 heavy (non-hydrogen) atoms. The Hall–Kier alpha value is -1.64. The van der Waals surface area contributed by atoms with E-state index in [4.69, 9.17) is 5.26 Å². The Kier molecular flexibility index (Phi) is 3.01. The Morgan fingerprint density at radius 1 is 1.39 bits per heavy atom. The third-order valence-electron chi connectivity index (χ3n) is 3.41. The van der Waals surface area contributed by atoms with Crippen molar-refractivity contribution in [3.63, 3.8) is 0 Å². The SMILES string of the molecule is Cc1ncc(C(C#N)CC2(C(F)(F)F)CC2)cn1. The fraction of sp³-hybridized carbons (Fsp3) is 0.583. The van der Waals surface area contributed by atoms with Crippen molar-refractivity contribution in [1.29, 1.82) is 5.26 Å². The molecule has 1 atom stereocenters. The Bertz CT molecular complexity index is 469. The van der Waals surface area contributed by atoms with E-state index in [1.807, 2.05) is 6.07 Å². The van der Waals surface area contributed by atoms with Gasteiger partial charge in [-0.2, -0.15) is 18.4 Å². The second-order valence-electron chi connectivity index (χ2n) is 4.73. The lowest BCUT2D eigenvalue weighted by Gasteiger charge is -2.21. The Morgan fingerprint density at radius 2 is 1.94 bits per heavy atom. The van der Waals surface area contributed by atoms with E-state index in [2.05, 4.69) is 9.97 Å².